The zero-order chi connectivity index (χ0) is 10.7. The summed E-state index contributed by atoms with van der Waals surface area (Å²) in [5.74, 6) is 0.893. The zero-order valence-electron chi connectivity index (χ0n) is 8.15. The number of allylic oxidation sites excluding steroid dienone is 1. The molecule has 15 heavy (non-hydrogen) atoms. The first-order chi connectivity index (χ1) is 7.31. The van der Waals surface area contributed by atoms with E-state index in [2.05, 4.69) is 34.7 Å². The van der Waals surface area contributed by atoms with Gasteiger partial charge in [0.05, 0.1) is 0 Å². The van der Waals surface area contributed by atoms with Crippen LogP contribution in [0.1, 0.15) is 24.3 Å². The number of carbonyl (C=O) groups excluding carboxylic acids is 1. The van der Waals surface area contributed by atoms with Crippen molar-refractivity contribution in [3.05, 3.63) is 45.7 Å². The van der Waals surface area contributed by atoms with Crippen LogP contribution < -0.4 is 0 Å². The van der Waals surface area contributed by atoms with Crippen LogP contribution in [-0.4, -0.2) is 5.97 Å². The van der Waals surface area contributed by atoms with E-state index in [4.69, 9.17) is 4.74 Å². The minimum Gasteiger partial charge on any atom is -0.430 e. The highest BCUT2D eigenvalue weighted by Gasteiger charge is 2.26. The molecule has 1 aliphatic rings. The molecule has 1 aliphatic heterocycles. The molecule has 0 aliphatic carbocycles. The molecule has 0 amide bonds. The van der Waals surface area contributed by atoms with E-state index < -0.39 is 0 Å². The van der Waals surface area contributed by atoms with Gasteiger partial charge in [0, 0.05) is 16.4 Å². The second kappa shape index (κ2) is 4.79. The Bertz CT molecular complexity index is 384. The first kappa shape index (κ1) is 10.7. The molecule has 0 aromatic heterocycles. The molecule has 1 atom stereocenters. The number of carbonyl (C=O) groups is 1. The second-order valence-corrected chi connectivity index (χ2v) is 4.11. The van der Waals surface area contributed by atoms with Crippen molar-refractivity contribution in [3.63, 3.8) is 0 Å². The molecule has 0 saturated carbocycles. The van der Waals surface area contributed by atoms with Gasteiger partial charge in [-0.1, -0.05) is 30.3 Å². The summed E-state index contributed by atoms with van der Waals surface area (Å²) in [6.07, 6.45) is 1.35. The monoisotopic (exact) mass is 314 g/mol. The SMILES string of the molecule is O=C1CCC(c2ccccc2)/C(=C\I)O1. The van der Waals surface area contributed by atoms with Gasteiger partial charge in [-0.25, -0.2) is 0 Å². The fraction of sp³-hybridized carbons (Fsp3) is 0.250. The number of hydrogen-bond acceptors (Lipinski definition) is 2. The van der Waals surface area contributed by atoms with Crippen LogP contribution in [0.5, 0.6) is 0 Å². The molecule has 78 valence electrons. The molecule has 2 rings (SSSR count). The third-order valence-corrected chi connectivity index (χ3v) is 3.14. The Labute approximate surface area is 102 Å². The summed E-state index contributed by atoms with van der Waals surface area (Å²) < 4.78 is 7.07. The number of esters is 1. The first-order valence-corrected chi connectivity index (χ1v) is 6.11. The van der Waals surface area contributed by atoms with Gasteiger partial charge in [0.25, 0.3) is 0 Å². The van der Waals surface area contributed by atoms with Gasteiger partial charge in [-0.3, -0.25) is 4.79 Å². The highest BCUT2D eigenvalue weighted by molar-refractivity contribution is 14.1. The molecule has 1 aromatic rings. The molecule has 1 fully saturated rings. The van der Waals surface area contributed by atoms with Crippen molar-refractivity contribution in [2.24, 2.45) is 0 Å². The molecule has 0 spiro atoms. The van der Waals surface area contributed by atoms with Crippen molar-refractivity contribution in [2.75, 3.05) is 0 Å². The van der Waals surface area contributed by atoms with Gasteiger partial charge in [0.2, 0.25) is 0 Å². The summed E-state index contributed by atoms with van der Waals surface area (Å²) in [5.41, 5.74) is 1.22. The van der Waals surface area contributed by atoms with Crippen molar-refractivity contribution in [1.29, 1.82) is 0 Å². The molecule has 0 radical (unpaired) electrons. The first-order valence-electron chi connectivity index (χ1n) is 4.87. The third kappa shape index (κ3) is 2.40. The molecule has 2 nitrogen and oxygen atoms in total. The number of ether oxygens (including phenoxy) is 1. The van der Waals surface area contributed by atoms with Crippen LogP contribution in [0.3, 0.4) is 0 Å². The summed E-state index contributed by atoms with van der Waals surface area (Å²) in [6.45, 7) is 0. The Morgan fingerprint density at radius 2 is 2.07 bits per heavy atom. The van der Waals surface area contributed by atoms with Gasteiger partial charge in [0.1, 0.15) is 5.76 Å². The topological polar surface area (TPSA) is 26.3 Å². The third-order valence-electron chi connectivity index (χ3n) is 2.52. The van der Waals surface area contributed by atoms with E-state index in [1.54, 1.807) is 0 Å². The van der Waals surface area contributed by atoms with Gasteiger partial charge < -0.3 is 4.74 Å². The van der Waals surface area contributed by atoms with E-state index in [1.807, 2.05) is 22.3 Å². The Morgan fingerprint density at radius 3 is 2.73 bits per heavy atom. The molecule has 3 heteroatoms. The molecule has 1 aromatic carbocycles. The molecule has 0 bridgehead atoms. The zero-order valence-corrected chi connectivity index (χ0v) is 10.3. The minimum atomic E-state index is -0.120. The number of cyclic esters (lactones) is 1. The van der Waals surface area contributed by atoms with Crippen LogP contribution >= 0.6 is 22.6 Å². The van der Waals surface area contributed by atoms with E-state index in [0.29, 0.717) is 6.42 Å². The number of benzene rings is 1. The van der Waals surface area contributed by atoms with E-state index in [-0.39, 0.29) is 11.9 Å². The molecule has 1 saturated heterocycles. The number of hydrogen-bond donors (Lipinski definition) is 0. The quantitative estimate of drug-likeness (QED) is 0.587. The Morgan fingerprint density at radius 1 is 1.33 bits per heavy atom. The Kier molecular flexibility index (Phi) is 3.41. The maximum absolute atomic E-state index is 11.1. The van der Waals surface area contributed by atoms with Crippen LogP contribution in [0.25, 0.3) is 0 Å². The standard InChI is InChI=1S/C12H11IO2/c13-8-11-10(6-7-12(14)15-11)9-4-2-1-3-5-9/h1-5,8,10H,6-7H2/b11-8+. The maximum atomic E-state index is 11.1. The summed E-state index contributed by atoms with van der Waals surface area (Å²) in [7, 11) is 0. The second-order valence-electron chi connectivity index (χ2n) is 3.49. The van der Waals surface area contributed by atoms with Crippen molar-refractivity contribution in [1.82, 2.24) is 0 Å². The van der Waals surface area contributed by atoms with Gasteiger partial charge in [-0.15, -0.1) is 0 Å². The van der Waals surface area contributed by atoms with E-state index in [0.717, 1.165) is 12.2 Å². The van der Waals surface area contributed by atoms with E-state index in [9.17, 15) is 4.79 Å². The van der Waals surface area contributed by atoms with Gasteiger partial charge >= 0.3 is 5.97 Å². The van der Waals surface area contributed by atoms with Crippen molar-refractivity contribution < 1.29 is 9.53 Å². The summed E-state index contributed by atoms with van der Waals surface area (Å²) in [4.78, 5) is 11.1. The lowest BCUT2D eigenvalue weighted by molar-refractivity contribution is -0.142. The van der Waals surface area contributed by atoms with Crippen molar-refractivity contribution in [3.8, 4) is 0 Å². The summed E-state index contributed by atoms with van der Waals surface area (Å²) in [6, 6.07) is 10.2. The molecule has 0 N–H and O–H groups in total. The highest BCUT2D eigenvalue weighted by Crippen LogP contribution is 2.34. The Hall–Kier alpha value is -0.840. The minimum absolute atomic E-state index is 0.120. The smallest absolute Gasteiger partial charge is 0.310 e. The van der Waals surface area contributed by atoms with Crippen LogP contribution in [0, 0.1) is 0 Å². The summed E-state index contributed by atoms with van der Waals surface area (Å²) in [5, 5.41) is 0. The largest absolute Gasteiger partial charge is 0.430 e. The van der Waals surface area contributed by atoms with Crippen molar-refractivity contribution in [2.45, 2.75) is 18.8 Å². The molecule has 1 unspecified atom stereocenters. The number of rotatable bonds is 1. The average molecular weight is 314 g/mol. The van der Waals surface area contributed by atoms with Crippen LogP contribution in [0.4, 0.5) is 0 Å². The van der Waals surface area contributed by atoms with E-state index in [1.165, 1.54) is 5.56 Å². The van der Waals surface area contributed by atoms with Gasteiger partial charge in [0.15, 0.2) is 0 Å². The maximum Gasteiger partial charge on any atom is 0.310 e. The van der Waals surface area contributed by atoms with Crippen LogP contribution in [0.15, 0.2) is 40.2 Å². The summed E-state index contributed by atoms with van der Waals surface area (Å²) >= 11 is 2.12. The van der Waals surface area contributed by atoms with E-state index >= 15 is 0 Å². The fourth-order valence-electron chi connectivity index (χ4n) is 1.77. The lowest BCUT2D eigenvalue weighted by Crippen LogP contribution is -2.18. The normalized spacial score (nSPS) is 23.9. The predicted octanol–water partition coefficient (Wildman–Crippen LogP) is 3.38. The fourth-order valence-corrected chi connectivity index (χ4v) is 2.33. The lowest BCUT2D eigenvalue weighted by Gasteiger charge is -2.24. The highest BCUT2D eigenvalue weighted by atomic mass is 127. The molecular formula is C12H11IO2. The lowest BCUT2D eigenvalue weighted by atomic mass is 9.91. The van der Waals surface area contributed by atoms with Crippen LogP contribution in [-0.2, 0) is 9.53 Å². The van der Waals surface area contributed by atoms with Crippen molar-refractivity contribution >= 4 is 28.6 Å². The van der Waals surface area contributed by atoms with Crippen LogP contribution in [0.2, 0.25) is 0 Å². The molecular weight excluding hydrogens is 303 g/mol. The average Bonchev–Trinajstić information content (AvgIpc) is 2.30. The predicted molar refractivity (Wildman–Crippen MR) is 66.6 cm³/mol. The number of halogens is 1. The molecule has 1 heterocycles. The Balaban J connectivity index is 2.26. The van der Waals surface area contributed by atoms with Gasteiger partial charge in [-0.05, 0) is 34.6 Å². The van der Waals surface area contributed by atoms with Gasteiger partial charge in [-0.2, -0.15) is 0 Å².